The smallest absolute Gasteiger partial charge is 0.325 e. The van der Waals surface area contributed by atoms with Gasteiger partial charge in [-0.2, -0.15) is 18.3 Å². The fraction of sp³-hybridized carbons (Fsp3) is 0.500. The molecule has 1 aromatic rings. The predicted molar refractivity (Wildman–Crippen MR) is 97.5 cm³/mol. The van der Waals surface area contributed by atoms with Crippen molar-refractivity contribution in [3.8, 4) is 0 Å². The van der Waals surface area contributed by atoms with Crippen molar-refractivity contribution in [3.63, 3.8) is 0 Å². The van der Waals surface area contributed by atoms with E-state index in [9.17, 15) is 22.8 Å². The number of amides is 2. The third-order valence-electron chi connectivity index (χ3n) is 4.36. The van der Waals surface area contributed by atoms with Crippen molar-refractivity contribution in [2.75, 3.05) is 5.32 Å². The van der Waals surface area contributed by atoms with Gasteiger partial charge in [0.25, 0.3) is 0 Å². The van der Waals surface area contributed by atoms with Gasteiger partial charge in [0.1, 0.15) is 0 Å². The van der Waals surface area contributed by atoms with Crippen LogP contribution >= 0.6 is 11.6 Å². The molecule has 1 saturated carbocycles. The maximum atomic E-state index is 12.7. The zero-order valence-corrected chi connectivity index (χ0v) is 15.6. The number of nitrogens with one attached hydrogen (secondary N) is 2. The molecule has 0 saturated heterocycles. The number of carbonyl (C=O) groups is 2. The number of hydrogen-bond donors (Lipinski definition) is 2. The maximum Gasteiger partial charge on any atom is 0.416 e. The number of anilines is 1. The Hall–Kier alpha value is -2.09. The fourth-order valence-electron chi connectivity index (χ4n) is 2.76. The molecule has 0 heterocycles. The molecule has 1 aromatic carbocycles. The predicted octanol–water partition coefficient (Wildman–Crippen LogP) is 4.76. The molecule has 0 aromatic heterocycles. The van der Waals surface area contributed by atoms with Gasteiger partial charge >= 0.3 is 6.18 Å². The summed E-state index contributed by atoms with van der Waals surface area (Å²) in [6.07, 6.45) is -0.803. The lowest BCUT2D eigenvalue weighted by molar-refractivity contribution is -0.137. The van der Waals surface area contributed by atoms with Crippen molar-refractivity contribution in [2.24, 2.45) is 11.0 Å². The minimum Gasteiger partial charge on any atom is -0.325 e. The molecule has 27 heavy (non-hydrogen) atoms. The van der Waals surface area contributed by atoms with E-state index in [0.29, 0.717) is 5.92 Å². The molecule has 1 aliphatic rings. The van der Waals surface area contributed by atoms with E-state index in [1.807, 2.05) is 0 Å². The highest BCUT2D eigenvalue weighted by atomic mass is 35.5. The van der Waals surface area contributed by atoms with Gasteiger partial charge in [0, 0.05) is 18.6 Å². The van der Waals surface area contributed by atoms with Gasteiger partial charge in [-0.05, 0) is 43.4 Å². The van der Waals surface area contributed by atoms with Crippen molar-refractivity contribution in [2.45, 2.75) is 51.6 Å². The third-order valence-corrected chi connectivity index (χ3v) is 4.69. The van der Waals surface area contributed by atoms with Crippen LogP contribution in [0.25, 0.3) is 0 Å². The molecular weight excluding hydrogens is 383 g/mol. The van der Waals surface area contributed by atoms with Gasteiger partial charge in [-0.15, -0.1) is 0 Å². The Balaban J connectivity index is 1.85. The first kappa shape index (κ1) is 21.2. The number of nitrogens with zero attached hydrogens (tertiary/aromatic N) is 1. The number of halogens is 4. The van der Waals surface area contributed by atoms with Crippen LogP contribution in [0.2, 0.25) is 5.02 Å². The van der Waals surface area contributed by atoms with Gasteiger partial charge in [0.15, 0.2) is 0 Å². The molecule has 9 heteroatoms. The second-order valence-corrected chi connectivity index (χ2v) is 6.93. The fourth-order valence-corrected chi connectivity index (χ4v) is 2.93. The summed E-state index contributed by atoms with van der Waals surface area (Å²) in [6, 6.07) is 2.65. The van der Waals surface area contributed by atoms with Crippen LogP contribution < -0.4 is 10.7 Å². The molecule has 0 radical (unpaired) electrons. The molecule has 1 fully saturated rings. The van der Waals surface area contributed by atoms with E-state index in [4.69, 9.17) is 11.6 Å². The van der Waals surface area contributed by atoms with E-state index in [0.717, 1.165) is 49.6 Å². The van der Waals surface area contributed by atoms with Crippen LogP contribution in [0, 0.1) is 5.92 Å². The lowest BCUT2D eigenvalue weighted by Crippen LogP contribution is -2.25. The Morgan fingerprint density at radius 3 is 2.59 bits per heavy atom. The summed E-state index contributed by atoms with van der Waals surface area (Å²) in [5, 5.41) is 6.41. The molecule has 1 atom stereocenters. The average molecular weight is 404 g/mol. The number of alkyl halides is 3. The Kier molecular flexibility index (Phi) is 7.24. The standard InChI is InChI=1S/C18H21ClF3N3O2/c1-11-4-2-3-5-14(11)24-25-17(27)9-8-16(26)23-15-10-12(18(20,21)22)6-7-13(15)19/h6-7,10-11H,2-5,8-9H2,1H3,(H,23,26)(H,25,27)/t11-/m1/s1. The van der Waals surface area contributed by atoms with Crippen molar-refractivity contribution < 1.29 is 22.8 Å². The molecule has 2 amide bonds. The third kappa shape index (κ3) is 6.53. The molecule has 5 nitrogen and oxygen atoms in total. The Morgan fingerprint density at radius 2 is 1.93 bits per heavy atom. The number of benzene rings is 1. The highest BCUT2D eigenvalue weighted by Gasteiger charge is 2.31. The van der Waals surface area contributed by atoms with E-state index in [1.54, 1.807) is 0 Å². The normalized spacial score (nSPS) is 19.0. The topological polar surface area (TPSA) is 70.6 Å². The van der Waals surface area contributed by atoms with Gasteiger partial charge in [-0.1, -0.05) is 24.9 Å². The summed E-state index contributed by atoms with van der Waals surface area (Å²) in [5.74, 6) is -0.707. The SMILES string of the molecule is C[C@@H]1CCCCC1=NNC(=O)CCC(=O)Nc1cc(C(F)(F)F)ccc1Cl. The zero-order chi connectivity index (χ0) is 20.0. The molecule has 1 aliphatic carbocycles. The summed E-state index contributed by atoms with van der Waals surface area (Å²) >= 11 is 5.82. The first-order chi connectivity index (χ1) is 12.7. The van der Waals surface area contributed by atoms with Gasteiger partial charge in [-0.3, -0.25) is 9.59 Å². The molecular formula is C18H21ClF3N3O2. The van der Waals surface area contributed by atoms with Crippen molar-refractivity contribution >= 4 is 34.8 Å². The van der Waals surface area contributed by atoms with Gasteiger partial charge in [-0.25, -0.2) is 5.43 Å². The number of carbonyl (C=O) groups excluding carboxylic acids is 2. The van der Waals surface area contributed by atoms with Crippen molar-refractivity contribution in [1.29, 1.82) is 0 Å². The second-order valence-electron chi connectivity index (χ2n) is 6.53. The summed E-state index contributed by atoms with van der Waals surface area (Å²) in [7, 11) is 0. The van der Waals surface area contributed by atoms with E-state index < -0.39 is 23.6 Å². The van der Waals surface area contributed by atoms with E-state index >= 15 is 0 Å². The molecule has 2 rings (SSSR count). The number of hydrogen-bond acceptors (Lipinski definition) is 3. The Morgan fingerprint density at radius 1 is 1.22 bits per heavy atom. The lowest BCUT2D eigenvalue weighted by atomic mass is 9.89. The number of rotatable bonds is 5. The maximum absolute atomic E-state index is 12.7. The summed E-state index contributed by atoms with van der Waals surface area (Å²) in [4.78, 5) is 23.8. The second kappa shape index (κ2) is 9.21. The minimum atomic E-state index is -4.54. The Bertz CT molecular complexity index is 735. The van der Waals surface area contributed by atoms with Gasteiger partial charge in [0.05, 0.1) is 16.3 Å². The average Bonchev–Trinajstić information content (AvgIpc) is 2.60. The van der Waals surface area contributed by atoms with Crippen LogP contribution in [0.3, 0.4) is 0 Å². The van der Waals surface area contributed by atoms with E-state index in [-0.39, 0.29) is 23.6 Å². The van der Waals surface area contributed by atoms with Gasteiger partial charge < -0.3 is 5.32 Å². The summed E-state index contributed by atoms with van der Waals surface area (Å²) in [5.41, 5.74) is 2.31. The van der Waals surface area contributed by atoms with Gasteiger partial charge in [0.2, 0.25) is 11.8 Å². The molecule has 148 valence electrons. The van der Waals surface area contributed by atoms with Crippen LogP contribution in [0.15, 0.2) is 23.3 Å². The van der Waals surface area contributed by atoms with Crippen LogP contribution in [-0.2, 0) is 15.8 Å². The van der Waals surface area contributed by atoms with Crippen LogP contribution in [0.1, 0.15) is 51.0 Å². The molecule has 0 unspecified atom stereocenters. The highest BCUT2D eigenvalue weighted by Crippen LogP contribution is 2.33. The van der Waals surface area contributed by atoms with Crippen molar-refractivity contribution in [1.82, 2.24) is 5.43 Å². The molecule has 2 N–H and O–H groups in total. The first-order valence-electron chi connectivity index (χ1n) is 8.68. The molecule has 0 spiro atoms. The van der Waals surface area contributed by atoms with Crippen molar-refractivity contribution in [3.05, 3.63) is 28.8 Å². The quantitative estimate of drug-likeness (QED) is 0.696. The number of hydrazone groups is 1. The molecule has 0 aliphatic heterocycles. The highest BCUT2D eigenvalue weighted by molar-refractivity contribution is 6.33. The summed E-state index contributed by atoms with van der Waals surface area (Å²) in [6.45, 7) is 2.05. The monoisotopic (exact) mass is 403 g/mol. The van der Waals surface area contributed by atoms with Crippen LogP contribution in [0.4, 0.5) is 18.9 Å². The Labute approximate surface area is 160 Å². The zero-order valence-electron chi connectivity index (χ0n) is 14.8. The van der Waals surface area contributed by atoms with E-state index in [1.165, 1.54) is 0 Å². The van der Waals surface area contributed by atoms with Crippen LogP contribution in [0.5, 0.6) is 0 Å². The minimum absolute atomic E-state index is 0.0153. The molecule has 0 bridgehead atoms. The largest absolute Gasteiger partial charge is 0.416 e. The van der Waals surface area contributed by atoms with E-state index in [2.05, 4.69) is 22.8 Å². The summed E-state index contributed by atoms with van der Waals surface area (Å²) < 4.78 is 38.2. The van der Waals surface area contributed by atoms with Crippen LogP contribution in [-0.4, -0.2) is 17.5 Å². The lowest BCUT2D eigenvalue weighted by Gasteiger charge is -2.19. The first-order valence-corrected chi connectivity index (χ1v) is 9.06.